The van der Waals surface area contributed by atoms with Crippen LogP contribution < -0.4 is 16.4 Å². The van der Waals surface area contributed by atoms with E-state index in [1.165, 1.54) is 12.3 Å². The van der Waals surface area contributed by atoms with Gasteiger partial charge in [-0.15, -0.1) is 0 Å². The molecule has 3 rings (SSSR count). The smallest absolute Gasteiger partial charge is 0.253 e. The van der Waals surface area contributed by atoms with Gasteiger partial charge in [0.2, 0.25) is 5.91 Å². The van der Waals surface area contributed by atoms with Crippen molar-refractivity contribution < 1.29 is 14.0 Å². The molecule has 0 radical (unpaired) electrons. The van der Waals surface area contributed by atoms with E-state index in [4.69, 9.17) is 11.1 Å². The third kappa shape index (κ3) is 5.89. The number of halogens is 1. The van der Waals surface area contributed by atoms with Crippen LogP contribution >= 0.6 is 0 Å². The third-order valence-corrected chi connectivity index (χ3v) is 5.84. The molecule has 1 aromatic carbocycles. The Kier molecular flexibility index (Phi) is 7.02. The Labute approximate surface area is 180 Å². The van der Waals surface area contributed by atoms with Crippen molar-refractivity contribution in [2.45, 2.75) is 44.2 Å². The molecule has 164 valence electrons. The summed E-state index contributed by atoms with van der Waals surface area (Å²) in [5.74, 6) is -1.81. The zero-order valence-corrected chi connectivity index (χ0v) is 17.3. The Morgan fingerprint density at radius 3 is 2.58 bits per heavy atom. The van der Waals surface area contributed by atoms with E-state index < -0.39 is 11.4 Å². The predicted molar refractivity (Wildman–Crippen MR) is 113 cm³/mol. The zero-order valence-electron chi connectivity index (χ0n) is 17.3. The van der Waals surface area contributed by atoms with Crippen molar-refractivity contribution in [3.63, 3.8) is 0 Å². The maximum atomic E-state index is 13.9. The lowest BCUT2D eigenvalue weighted by molar-refractivity contribution is -0.120. The molecule has 0 atom stereocenters. The molecular formula is C22H27FN6O2. The summed E-state index contributed by atoms with van der Waals surface area (Å²) in [6, 6.07) is 8.84. The molecule has 31 heavy (non-hydrogen) atoms. The highest BCUT2D eigenvalue weighted by Gasteiger charge is 2.35. The molecule has 1 aliphatic heterocycles. The van der Waals surface area contributed by atoms with E-state index in [-0.39, 0.29) is 35.5 Å². The Morgan fingerprint density at radius 1 is 1.32 bits per heavy atom. The maximum absolute atomic E-state index is 13.9. The lowest BCUT2D eigenvalue weighted by Crippen LogP contribution is -2.52. The molecule has 8 nitrogen and oxygen atoms in total. The summed E-state index contributed by atoms with van der Waals surface area (Å²) in [6.07, 6.45) is 4.29. The normalized spacial score (nSPS) is 18.6. The van der Waals surface area contributed by atoms with Gasteiger partial charge >= 0.3 is 0 Å². The van der Waals surface area contributed by atoms with Crippen LogP contribution in [0.25, 0.3) is 0 Å². The van der Waals surface area contributed by atoms with Crippen molar-refractivity contribution in [1.29, 1.82) is 10.7 Å². The molecule has 9 heteroatoms. The fourth-order valence-electron chi connectivity index (χ4n) is 3.66. The molecule has 1 heterocycles. The van der Waals surface area contributed by atoms with Crippen LogP contribution in [-0.2, 0) is 16.1 Å². The van der Waals surface area contributed by atoms with Crippen LogP contribution in [0.15, 0.2) is 36.0 Å². The van der Waals surface area contributed by atoms with Gasteiger partial charge < -0.3 is 16.4 Å². The zero-order chi connectivity index (χ0) is 22.4. The number of benzene rings is 1. The van der Waals surface area contributed by atoms with E-state index in [0.717, 1.165) is 12.8 Å². The first-order valence-corrected chi connectivity index (χ1v) is 10.3. The van der Waals surface area contributed by atoms with Crippen LogP contribution in [0.1, 0.15) is 37.7 Å². The van der Waals surface area contributed by atoms with Gasteiger partial charge in [0.15, 0.2) is 0 Å². The number of nitriles is 1. The summed E-state index contributed by atoms with van der Waals surface area (Å²) in [5, 5.41) is 22.9. The lowest BCUT2D eigenvalue weighted by Gasteiger charge is -2.41. The fourth-order valence-corrected chi connectivity index (χ4v) is 3.66. The molecule has 0 aromatic heterocycles. The molecule has 0 bridgehead atoms. The number of primary amides is 1. The number of carbonyl (C=O) groups excluding carboxylic acids is 2. The second-order valence-corrected chi connectivity index (χ2v) is 8.19. The Morgan fingerprint density at radius 2 is 2.00 bits per heavy atom. The molecular weight excluding hydrogens is 399 g/mol. The second kappa shape index (κ2) is 9.71. The van der Waals surface area contributed by atoms with Crippen LogP contribution in [0, 0.1) is 28.5 Å². The molecule has 2 fully saturated rings. The second-order valence-electron chi connectivity index (χ2n) is 8.19. The first-order chi connectivity index (χ1) is 14.8. The van der Waals surface area contributed by atoms with Gasteiger partial charge in [-0.05, 0) is 31.7 Å². The predicted octanol–water partition coefficient (Wildman–Crippen LogP) is 1.54. The van der Waals surface area contributed by atoms with Gasteiger partial charge in [-0.2, -0.15) is 5.26 Å². The van der Waals surface area contributed by atoms with Gasteiger partial charge in [0.05, 0.1) is 23.6 Å². The number of amides is 2. The third-order valence-electron chi connectivity index (χ3n) is 5.84. The number of carbonyl (C=O) groups is 2. The van der Waals surface area contributed by atoms with Gasteiger partial charge in [-0.1, -0.05) is 18.2 Å². The highest BCUT2D eigenvalue weighted by molar-refractivity contribution is 6.22. The van der Waals surface area contributed by atoms with E-state index in [1.54, 1.807) is 18.2 Å². The summed E-state index contributed by atoms with van der Waals surface area (Å²) in [7, 11) is 0. The molecule has 2 amide bonds. The summed E-state index contributed by atoms with van der Waals surface area (Å²) < 4.78 is 13.9. The standard InChI is InChI=1S/C22H27FN6O2/c23-18-4-2-1-3-16(18)14-29-11-8-22(7-10-24,9-12-29)27-13-17(20(26)30)19(25)28-21(31)15-5-6-15/h1-4,13,15,27H,5-9,11-12,14H2,(H2,26,30)(H2,25,28,31)/b17-13+. The van der Waals surface area contributed by atoms with Gasteiger partial charge in [-0.3, -0.25) is 19.9 Å². The van der Waals surface area contributed by atoms with E-state index in [9.17, 15) is 19.2 Å². The number of piperidine rings is 1. The number of nitrogens with two attached hydrogens (primary N) is 1. The first-order valence-electron chi connectivity index (χ1n) is 10.3. The quantitative estimate of drug-likeness (QED) is 0.284. The summed E-state index contributed by atoms with van der Waals surface area (Å²) in [6.45, 7) is 1.76. The van der Waals surface area contributed by atoms with Crippen molar-refractivity contribution >= 4 is 17.6 Å². The number of rotatable bonds is 8. The van der Waals surface area contributed by atoms with Gasteiger partial charge in [-0.25, -0.2) is 4.39 Å². The van der Waals surface area contributed by atoms with E-state index in [1.807, 2.05) is 0 Å². The number of hydrogen-bond acceptors (Lipinski definition) is 6. The van der Waals surface area contributed by atoms with Gasteiger partial charge in [0, 0.05) is 37.3 Å². The average molecular weight is 426 g/mol. The molecule has 0 spiro atoms. The molecule has 2 aliphatic rings. The fraction of sp³-hybridized carbons (Fsp3) is 0.455. The van der Waals surface area contributed by atoms with E-state index in [2.05, 4.69) is 21.6 Å². The van der Waals surface area contributed by atoms with Crippen LogP contribution in [0.2, 0.25) is 0 Å². The SMILES string of the molecule is N#CCC1(N/C=C(\C(=N)NC(=O)C2CC2)C(N)=O)CCN(Cc2ccccc2F)CC1. The molecule has 1 saturated heterocycles. The summed E-state index contributed by atoms with van der Waals surface area (Å²) in [5.41, 5.74) is 5.30. The molecule has 0 unspecified atom stereocenters. The topological polar surface area (TPSA) is 135 Å². The van der Waals surface area contributed by atoms with Gasteiger partial charge in [0.1, 0.15) is 11.7 Å². The number of nitrogens with zero attached hydrogens (tertiary/aromatic N) is 2. The van der Waals surface area contributed by atoms with Crippen molar-refractivity contribution in [2.75, 3.05) is 13.1 Å². The number of hydrogen-bond donors (Lipinski definition) is 4. The Balaban J connectivity index is 1.64. The molecule has 1 aromatic rings. The molecule has 1 aliphatic carbocycles. The van der Waals surface area contributed by atoms with Gasteiger partial charge in [0.25, 0.3) is 5.91 Å². The van der Waals surface area contributed by atoms with Crippen LogP contribution in [0.3, 0.4) is 0 Å². The number of nitrogens with one attached hydrogen (secondary N) is 3. The minimum absolute atomic E-state index is 0.105. The minimum atomic E-state index is -0.835. The van der Waals surface area contributed by atoms with Crippen molar-refractivity contribution in [1.82, 2.24) is 15.5 Å². The maximum Gasteiger partial charge on any atom is 0.253 e. The van der Waals surface area contributed by atoms with Crippen LogP contribution in [-0.4, -0.2) is 41.2 Å². The largest absolute Gasteiger partial charge is 0.384 e. The highest BCUT2D eigenvalue weighted by Crippen LogP contribution is 2.29. The highest BCUT2D eigenvalue weighted by atomic mass is 19.1. The van der Waals surface area contributed by atoms with Crippen molar-refractivity contribution in [3.8, 4) is 6.07 Å². The Hall–Kier alpha value is -3.25. The lowest BCUT2D eigenvalue weighted by atomic mass is 9.84. The monoisotopic (exact) mass is 426 g/mol. The van der Waals surface area contributed by atoms with E-state index in [0.29, 0.717) is 38.0 Å². The minimum Gasteiger partial charge on any atom is -0.384 e. The first kappa shape index (κ1) is 22.4. The summed E-state index contributed by atoms with van der Waals surface area (Å²) >= 11 is 0. The van der Waals surface area contributed by atoms with Crippen LogP contribution in [0.5, 0.6) is 0 Å². The molecule has 1 saturated carbocycles. The van der Waals surface area contributed by atoms with Crippen molar-refractivity contribution in [2.24, 2.45) is 11.7 Å². The van der Waals surface area contributed by atoms with E-state index >= 15 is 0 Å². The number of likely N-dealkylation sites (tertiary alicyclic amines) is 1. The Bertz CT molecular complexity index is 926. The summed E-state index contributed by atoms with van der Waals surface area (Å²) in [4.78, 5) is 25.9. The van der Waals surface area contributed by atoms with Crippen LogP contribution in [0.4, 0.5) is 4.39 Å². The number of amidine groups is 1. The average Bonchev–Trinajstić information content (AvgIpc) is 3.57. The molecule has 5 N–H and O–H groups in total. The van der Waals surface area contributed by atoms with Crippen molar-refractivity contribution in [3.05, 3.63) is 47.4 Å².